The molecule has 1 aromatic carbocycles. The summed E-state index contributed by atoms with van der Waals surface area (Å²) in [5.41, 5.74) is 12.7. The second-order valence-electron chi connectivity index (χ2n) is 6.38. The SMILES string of the molecule is CCc1nn(Cc2ccc(N(C)C)cc2)c2c1C(N)CCC2. The van der Waals surface area contributed by atoms with Crippen LogP contribution in [0.5, 0.6) is 0 Å². The number of hydrogen-bond acceptors (Lipinski definition) is 3. The number of aryl methyl sites for hydroxylation is 1. The summed E-state index contributed by atoms with van der Waals surface area (Å²) in [5, 5.41) is 4.84. The number of fused-ring (bicyclic) bond motifs is 1. The van der Waals surface area contributed by atoms with Gasteiger partial charge >= 0.3 is 0 Å². The third-order valence-corrected chi connectivity index (χ3v) is 4.59. The van der Waals surface area contributed by atoms with Crippen molar-refractivity contribution in [1.82, 2.24) is 9.78 Å². The Bertz CT molecular complexity index is 640. The van der Waals surface area contributed by atoms with Gasteiger partial charge in [0.15, 0.2) is 0 Å². The molecule has 1 heterocycles. The van der Waals surface area contributed by atoms with Crippen LogP contribution >= 0.6 is 0 Å². The molecule has 22 heavy (non-hydrogen) atoms. The Kier molecular flexibility index (Phi) is 4.21. The van der Waals surface area contributed by atoms with Gasteiger partial charge in [0.1, 0.15) is 0 Å². The maximum atomic E-state index is 6.32. The summed E-state index contributed by atoms with van der Waals surface area (Å²) in [6, 6.07) is 8.88. The summed E-state index contributed by atoms with van der Waals surface area (Å²) in [4.78, 5) is 2.12. The Labute approximate surface area is 132 Å². The van der Waals surface area contributed by atoms with Crippen molar-refractivity contribution in [3.8, 4) is 0 Å². The van der Waals surface area contributed by atoms with Crippen molar-refractivity contribution in [3.63, 3.8) is 0 Å². The standard InChI is InChI=1S/C18H26N4/c1-4-16-18-15(19)6-5-7-17(18)22(20-16)12-13-8-10-14(11-9-13)21(2)3/h8-11,15H,4-7,12,19H2,1-3H3. The van der Waals surface area contributed by atoms with Crippen LogP contribution in [0.15, 0.2) is 24.3 Å². The van der Waals surface area contributed by atoms with Gasteiger partial charge in [-0.2, -0.15) is 5.10 Å². The smallest absolute Gasteiger partial charge is 0.0672 e. The first-order valence-corrected chi connectivity index (χ1v) is 8.20. The zero-order valence-electron chi connectivity index (χ0n) is 13.8. The highest BCUT2D eigenvalue weighted by molar-refractivity contribution is 5.46. The number of nitrogens with zero attached hydrogens (tertiary/aromatic N) is 3. The van der Waals surface area contributed by atoms with Crippen LogP contribution in [0.1, 0.15) is 48.3 Å². The molecule has 0 saturated heterocycles. The lowest BCUT2D eigenvalue weighted by Gasteiger charge is -2.20. The van der Waals surface area contributed by atoms with E-state index in [0.29, 0.717) is 0 Å². The van der Waals surface area contributed by atoms with Gasteiger partial charge in [0.2, 0.25) is 0 Å². The molecule has 0 saturated carbocycles. The number of anilines is 1. The van der Waals surface area contributed by atoms with E-state index in [9.17, 15) is 0 Å². The van der Waals surface area contributed by atoms with Crippen molar-refractivity contribution in [3.05, 3.63) is 46.8 Å². The third kappa shape index (κ3) is 2.75. The van der Waals surface area contributed by atoms with Crippen molar-refractivity contribution >= 4 is 5.69 Å². The van der Waals surface area contributed by atoms with E-state index in [1.54, 1.807) is 0 Å². The largest absolute Gasteiger partial charge is 0.378 e. The molecule has 1 atom stereocenters. The molecule has 4 nitrogen and oxygen atoms in total. The molecule has 1 aromatic heterocycles. The molecule has 0 spiro atoms. The van der Waals surface area contributed by atoms with Crippen molar-refractivity contribution < 1.29 is 0 Å². The van der Waals surface area contributed by atoms with Crippen LogP contribution in [0.25, 0.3) is 0 Å². The van der Waals surface area contributed by atoms with E-state index in [-0.39, 0.29) is 6.04 Å². The Balaban J connectivity index is 1.89. The fourth-order valence-electron chi connectivity index (χ4n) is 3.36. The van der Waals surface area contributed by atoms with E-state index in [4.69, 9.17) is 10.8 Å². The van der Waals surface area contributed by atoms with Crippen molar-refractivity contribution in [2.45, 2.75) is 45.2 Å². The summed E-state index contributed by atoms with van der Waals surface area (Å²) >= 11 is 0. The van der Waals surface area contributed by atoms with E-state index >= 15 is 0 Å². The van der Waals surface area contributed by atoms with Crippen LogP contribution in [0.2, 0.25) is 0 Å². The van der Waals surface area contributed by atoms with Crippen LogP contribution in [-0.2, 0) is 19.4 Å². The number of nitrogens with two attached hydrogens (primary N) is 1. The van der Waals surface area contributed by atoms with E-state index < -0.39 is 0 Å². The average molecular weight is 298 g/mol. The normalized spacial score (nSPS) is 17.4. The number of benzene rings is 1. The Morgan fingerprint density at radius 2 is 2.00 bits per heavy atom. The molecule has 0 fully saturated rings. The maximum Gasteiger partial charge on any atom is 0.0672 e. The van der Waals surface area contributed by atoms with Crippen molar-refractivity contribution in [1.29, 1.82) is 0 Å². The molecular weight excluding hydrogens is 272 g/mol. The molecule has 1 unspecified atom stereocenters. The van der Waals surface area contributed by atoms with Gasteiger partial charge in [-0.3, -0.25) is 4.68 Å². The summed E-state index contributed by atoms with van der Waals surface area (Å²) in [5.74, 6) is 0. The average Bonchev–Trinajstić information content (AvgIpc) is 2.87. The molecule has 4 heteroatoms. The van der Waals surface area contributed by atoms with Gasteiger partial charge in [0.05, 0.1) is 12.2 Å². The molecule has 2 N–H and O–H groups in total. The van der Waals surface area contributed by atoms with Gasteiger partial charge in [-0.15, -0.1) is 0 Å². The Morgan fingerprint density at radius 3 is 2.64 bits per heavy atom. The number of aromatic nitrogens is 2. The highest BCUT2D eigenvalue weighted by Gasteiger charge is 2.25. The molecular formula is C18H26N4. The maximum absolute atomic E-state index is 6.32. The highest BCUT2D eigenvalue weighted by atomic mass is 15.3. The lowest BCUT2D eigenvalue weighted by molar-refractivity contribution is 0.537. The van der Waals surface area contributed by atoms with Gasteiger partial charge < -0.3 is 10.6 Å². The van der Waals surface area contributed by atoms with E-state index in [0.717, 1.165) is 25.8 Å². The first-order valence-electron chi connectivity index (χ1n) is 8.20. The van der Waals surface area contributed by atoms with Crippen LogP contribution in [0.3, 0.4) is 0 Å². The zero-order valence-corrected chi connectivity index (χ0v) is 13.8. The minimum Gasteiger partial charge on any atom is -0.378 e. The first kappa shape index (κ1) is 15.1. The van der Waals surface area contributed by atoms with Crippen LogP contribution < -0.4 is 10.6 Å². The molecule has 0 bridgehead atoms. The van der Waals surface area contributed by atoms with Gasteiger partial charge in [-0.25, -0.2) is 0 Å². The fraction of sp³-hybridized carbons (Fsp3) is 0.500. The zero-order chi connectivity index (χ0) is 15.7. The van der Waals surface area contributed by atoms with Crippen LogP contribution in [-0.4, -0.2) is 23.9 Å². The van der Waals surface area contributed by atoms with Crippen molar-refractivity contribution in [2.75, 3.05) is 19.0 Å². The van der Waals surface area contributed by atoms with Gasteiger partial charge in [0, 0.05) is 37.1 Å². The second-order valence-corrected chi connectivity index (χ2v) is 6.38. The van der Waals surface area contributed by atoms with Gasteiger partial charge in [0.25, 0.3) is 0 Å². The molecule has 2 aromatic rings. The number of rotatable bonds is 4. The quantitative estimate of drug-likeness (QED) is 0.944. The lowest BCUT2D eigenvalue weighted by Crippen LogP contribution is -2.19. The van der Waals surface area contributed by atoms with Gasteiger partial charge in [-0.05, 0) is 43.4 Å². The summed E-state index contributed by atoms with van der Waals surface area (Å²) in [6.45, 7) is 3.00. The topological polar surface area (TPSA) is 47.1 Å². The first-order chi connectivity index (χ1) is 10.6. The van der Waals surface area contributed by atoms with Crippen LogP contribution in [0.4, 0.5) is 5.69 Å². The lowest BCUT2D eigenvalue weighted by atomic mass is 9.91. The molecule has 0 amide bonds. The van der Waals surface area contributed by atoms with E-state index in [2.05, 4.69) is 54.9 Å². The summed E-state index contributed by atoms with van der Waals surface area (Å²) < 4.78 is 2.18. The third-order valence-electron chi connectivity index (χ3n) is 4.59. The molecule has 3 rings (SSSR count). The fourth-order valence-corrected chi connectivity index (χ4v) is 3.36. The molecule has 1 aliphatic carbocycles. The Morgan fingerprint density at radius 1 is 1.27 bits per heavy atom. The minimum atomic E-state index is 0.170. The van der Waals surface area contributed by atoms with Gasteiger partial charge in [-0.1, -0.05) is 19.1 Å². The van der Waals surface area contributed by atoms with Crippen molar-refractivity contribution in [2.24, 2.45) is 5.73 Å². The van der Waals surface area contributed by atoms with Crippen LogP contribution in [0, 0.1) is 0 Å². The monoisotopic (exact) mass is 298 g/mol. The molecule has 118 valence electrons. The predicted octanol–water partition coefficient (Wildman–Crippen LogP) is 2.90. The molecule has 0 aliphatic heterocycles. The van der Waals surface area contributed by atoms with E-state index in [1.807, 2.05) is 0 Å². The number of hydrogen-bond donors (Lipinski definition) is 1. The minimum absolute atomic E-state index is 0.170. The molecule has 1 aliphatic rings. The second kappa shape index (κ2) is 6.13. The summed E-state index contributed by atoms with van der Waals surface area (Å²) in [7, 11) is 4.13. The predicted molar refractivity (Wildman–Crippen MR) is 91.3 cm³/mol. The summed E-state index contributed by atoms with van der Waals surface area (Å²) in [6.07, 6.45) is 4.32. The Hall–Kier alpha value is -1.81. The molecule has 0 radical (unpaired) electrons. The highest BCUT2D eigenvalue weighted by Crippen LogP contribution is 2.31. The van der Waals surface area contributed by atoms with E-state index in [1.165, 1.54) is 34.6 Å².